The van der Waals surface area contributed by atoms with Gasteiger partial charge in [0.2, 0.25) is 0 Å². The summed E-state index contributed by atoms with van der Waals surface area (Å²) in [5, 5.41) is 6.04. The average Bonchev–Trinajstić information content (AvgIpc) is 2.90. The van der Waals surface area contributed by atoms with Gasteiger partial charge in [0.1, 0.15) is 6.54 Å². The minimum atomic E-state index is -4.52. The summed E-state index contributed by atoms with van der Waals surface area (Å²) in [5.41, 5.74) is 3.05. The van der Waals surface area contributed by atoms with E-state index in [-0.39, 0.29) is 0 Å². The third kappa shape index (κ3) is 5.98. The number of carbonyl (C=O) groups excluding carboxylic acids is 2. The second kappa shape index (κ2) is 8.52. The molecule has 0 radical (unpaired) electrons. The predicted molar refractivity (Wildman–Crippen MR) is 92.1 cm³/mol. The number of aryl methyl sites for hydroxylation is 1. The van der Waals surface area contributed by atoms with E-state index in [1.54, 1.807) is 16.9 Å². The van der Waals surface area contributed by atoms with Gasteiger partial charge in [-0.3, -0.25) is 4.79 Å². The first-order valence-corrected chi connectivity index (χ1v) is 7.97. The minimum absolute atomic E-state index is 0.684. The highest BCUT2D eigenvalue weighted by atomic mass is 19.4. The first-order valence-electron chi connectivity index (χ1n) is 7.97. The van der Waals surface area contributed by atoms with Gasteiger partial charge in [0.15, 0.2) is 6.61 Å². The number of ether oxygens (including phenoxy) is 1. The lowest BCUT2D eigenvalue weighted by Gasteiger charge is -2.07. The summed E-state index contributed by atoms with van der Waals surface area (Å²) < 4.78 is 42.3. The Bertz CT molecular complexity index is 843. The lowest BCUT2D eigenvalue weighted by Crippen LogP contribution is -2.36. The van der Waals surface area contributed by atoms with E-state index in [9.17, 15) is 22.8 Å². The molecule has 1 amide bonds. The molecule has 0 spiro atoms. The maximum Gasteiger partial charge on any atom is 0.405 e. The molecule has 0 aliphatic rings. The smallest absolute Gasteiger partial charge is 0.405 e. The normalized spacial score (nSPS) is 11.6. The van der Waals surface area contributed by atoms with Gasteiger partial charge in [-0.15, -0.1) is 0 Å². The zero-order valence-corrected chi connectivity index (χ0v) is 14.7. The molecule has 0 fully saturated rings. The Labute approximate surface area is 153 Å². The van der Waals surface area contributed by atoms with Gasteiger partial charge in [0.05, 0.1) is 11.4 Å². The molecule has 1 heterocycles. The third-order valence-corrected chi connectivity index (χ3v) is 3.57. The third-order valence-electron chi connectivity index (χ3n) is 3.57. The molecular weight excluding hydrogens is 363 g/mol. The number of rotatable bonds is 6. The Morgan fingerprint density at radius 2 is 1.89 bits per heavy atom. The highest BCUT2D eigenvalue weighted by Gasteiger charge is 2.27. The summed E-state index contributed by atoms with van der Waals surface area (Å²) in [5.74, 6) is -1.87. The molecule has 0 aliphatic heterocycles. The van der Waals surface area contributed by atoms with Gasteiger partial charge in [-0.1, -0.05) is 18.2 Å². The molecule has 1 aromatic heterocycles. The number of nitrogens with zero attached hydrogens (tertiary/aromatic N) is 2. The zero-order valence-electron chi connectivity index (χ0n) is 14.7. The van der Waals surface area contributed by atoms with Gasteiger partial charge in [-0.2, -0.15) is 18.3 Å². The van der Waals surface area contributed by atoms with E-state index >= 15 is 0 Å². The number of hydrogen-bond donors (Lipinski definition) is 1. The predicted octanol–water partition coefficient (Wildman–Crippen LogP) is 2.72. The largest absolute Gasteiger partial charge is 0.452 e. The molecule has 1 aromatic carbocycles. The monoisotopic (exact) mass is 381 g/mol. The van der Waals surface area contributed by atoms with Crippen molar-refractivity contribution in [3.63, 3.8) is 0 Å². The lowest BCUT2D eigenvalue weighted by molar-refractivity contribution is -0.148. The molecule has 0 bridgehead atoms. The van der Waals surface area contributed by atoms with Crippen LogP contribution >= 0.6 is 0 Å². The Hall–Kier alpha value is -3.10. The number of para-hydroxylation sites is 1. The number of halogens is 3. The van der Waals surface area contributed by atoms with Gasteiger partial charge in [0.25, 0.3) is 5.91 Å². The van der Waals surface area contributed by atoms with Gasteiger partial charge in [-0.05, 0) is 32.1 Å². The van der Waals surface area contributed by atoms with Gasteiger partial charge >= 0.3 is 12.1 Å². The van der Waals surface area contributed by atoms with Crippen molar-refractivity contribution in [2.75, 3.05) is 13.2 Å². The van der Waals surface area contributed by atoms with Crippen molar-refractivity contribution in [2.45, 2.75) is 20.0 Å². The van der Waals surface area contributed by atoms with Crippen molar-refractivity contribution in [2.24, 2.45) is 0 Å². The van der Waals surface area contributed by atoms with Crippen LogP contribution in [0.15, 0.2) is 36.4 Å². The lowest BCUT2D eigenvalue weighted by atomic mass is 10.2. The molecule has 9 heteroatoms. The summed E-state index contributed by atoms with van der Waals surface area (Å²) in [6, 6.07) is 9.42. The Balaban J connectivity index is 1.97. The van der Waals surface area contributed by atoms with Gasteiger partial charge in [-0.25, -0.2) is 9.48 Å². The SMILES string of the molecule is Cc1nn(-c2ccccc2)c(C)c1/C=C/C(=O)OCC(=O)NCC(F)(F)F. The first-order chi connectivity index (χ1) is 12.7. The fraction of sp³-hybridized carbons (Fsp3) is 0.278. The fourth-order valence-electron chi connectivity index (χ4n) is 2.30. The number of carbonyl (C=O) groups is 2. The highest BCUT2D eigenvalue weighted by Crippen LogP contribution is 2.19. The molecule has 6 nitrogen and oxygen atoms in total. The van der Waals surface area contributed by atoms with Crippen LogP contribution in [0.2, 0.25) is 0 Å². The van der Waals surface area contributed by atoms with Crippen LogP contribution in [0, 0.1) is 13.8 Å². The molecule has 0 saturated carbocycles. The maximum atomic E-state index is 12.0. The van der Waals surface area contributed by atoms with Crippen molar-refractivity contribution in [1.29, 1.82) is 0 Å². The number of amides is 1. The summed E-state index contributed by atoms with van der Waals surface area (Å²) in [7, 11) is 0. The minimum Gasteiger partial charge on any atom is -0.452 e. The molecule has 2 rings (SSSR count). The molecule has 27 heavy (non-hydrogen) atoms. The summed E-state index contributed by atoms with van der Waals surface area (Å²) >= 11 is 0. The van der Waals surface area contributed by atoms with Crippen LogP contribution in [0.3, 0.4) is 0 Å². The number of alkyl halides is 3. The van der Waals surface area contributed by atoms with E-state index in [1.807, 2.05) is 37.3 Å². The second-order valence-corrected chi connectivity index (χ2v) is 5.66. The summed E-state index contributed by atoms with van der Waals surface area (Å²) in [4.78, 5) is 22.9. The molecule has 1 N–H and O–H groups in total. The number of esters is 1. The Kier molecular flexibility index (Phi) is 6.38. The van der Waals surface area contributed by atoms with Gasteiger partial charge in [0, 0.05) is 17.3 Å². The molecule has 0 atom stereocenters. The number of hydrogen-bond acceptors (Lipinski definition) is 4. The van der Waals surface area contributed by atoms with Gasteiger partial charge < -0.3 is 10.1 Å². The van der Waals surface area contributed by atoms with E-state index in [0.717, 1.165) is 17.5 Å². The topological polar surface area (TPSA) is 73.2 Å². The standard InChI is InChI=1S/C18H18F3N3O3/c1-12-15(13(2)24(23-12)14-6-4-3-5-7-14)8-9-17(26)27-10-16(25)22-11-18(19,20)21/h3-9H,10-11H2,1-2H3,(H,22,25)/b9-8+. The summed E-state index contributed by atoms with van der Waals surface area (Å²) in [6.45, 7) is 1.35. The second-order valence-electron chi connectivity index (χ2n) is 5.66. The zero-order chi connectivity index (χ0) is 20.0. The van der Waals surface area contributed by atoms with Crippen LogP contribution in [-0.4, -0.2) is 41.0 Å². The first kappa shape index (κ1) is 20.2. The van der Waals surface area contributed by atoms with Crippen LogP contribution in [0.4, 0.5) is 13.2 Å². The van der Waals surface area contributed by atoms with Crippen LogP contribution in [0.5, 0.6) is 0 Å². The number of benzene rings is 1. The molecule has 0 aliphatic carbocycles. The van der Waals surface area contributed by atoms with E-state index in [2.05, 4.69) is 9.84 Å². The van der Waals surface area contributed by atoms with Crippen LogP contribution in [-0.2, 0) is 14.3 Å². The molecular formula is C18H18F3N3O3. The highest BCUT2D eigenvalue weighted by molar-refractivity contribution is 5.89. The van der Waals surface area contributed by atoms with Crippen molar-refractivity contribution >= 4 is 18.0 Å². The number of aromatic nitrogens is 2. The molecule has 2 aromatic rings. The van der Waals surface area contributed by atoms with Crippen LogP contribution in [0.1, 0.15) is 17.0 Å². The van der Waals surface area contributed by atoms with Crippen molar-refractivity contribution < 1.29 is 27.5 Å². The Morgan fingerprint density at radius 3 is 2.52 bits per heavy atom. The maximum absolute atomic E-state index is 12.0. The fourth-order valence-corrected chi connectivity index (χ4v) is 2.30. The van der Waals surface area contributed by atoms with E-state index < -0.39 is 31.2 Å². The Morgan fingerprint density at radius 1 is 1.22 bits per heavy atom. The summed E-state index contributed by atoms with van der Waals surface area (Å²) in [6.07, 6.45) is -1.93. The van der Waals surface area contributed by atoms with Crippen LogP contribution in [0.25, 0.3) is 11.8 Å². The van der Waals surface area contributed by atoms with Crippen LogP contribution < -0.4 is 5.32 Å². The molecule has 144 valence electrons. The van der Waals surface area contributed by atoms with E-state index in [1.165, 1.54) is 6.08 Å². The molecule has 0 saturated heterocycles. The quantitative estimate of drug-likeness (QED) is 0.617. The van der Waals surface area contributed by atoms with E-state index in [0.29, 0.717) is 11.3 Å². The number of nitrogens with one attached hydrogen (secondary N) is 1. The van der Waals surface area contributed by atoms with E-state index in [4.69, 9.17) is 0 Å². The van der Waals surface area contributed by atoms with Crippen molar-refractivity contribution in [1.82, 2.24) is 15.1 Å². The molecule has 0 unspecified atom stereocenters. The van der Waals surface area contributed by atoms with Crippen molar-refractivity contribution in [3.05, 3.63) is 53.4 Å². The van der Waals surface area contributed by atoms with Crippen molar-refractivity contribution in [3.8, 4) is 5.69 Å². The average molecular weight is 381 g/mol.